The number of halogens is 2. The molecule has 0 spiro atoms. The summed E-state index contributed by atoms with van der Waals surface area (Å²) >= 11 is 12.0. The lowest BCUT2D eigenvalue weighted by atomic mass is 9.75. The summed E-state index contributed by atoms with van der Waals surface area (Å²) in [6, 6.07) is 15.5. The molecule has 3 atom stereocenters. The van der Waals surface area contributed by atoms with Crippen molar-refractivity contribution in [1.29, 1.82) is 0 Å². The molecule has 126 valence electrons. The first-order valence-electron chi connectivity index (χ1n) is 8.25. The summed E-state index contributed by atoms with van der Waals surface area (Å²) in [6.07, 6.45) is 0.509. The van der Waals surface area contributed by atoms with Crippen molar-refractivity contribution >= 4 is 29.0 Å². The minimum atomic E-state index is -0.0327. The standard InChI is InChI=1S/C20H21Cl2NO/c1-12(2)19-18(24)11-17(13-3-7-15(21)8-4-13)23-20(19)14-5-9-16(22)10-6-14/h3-10,12,17,19-20,23H,11H2,1-2H3/t17-,19+,20-/m0/s1. The number of carbonyl (C=O) groups is 1. The third-order valence-electron chi connectivity index (χ3n) is 4.74. The second-order valence-corrected chi connectivity index (χ2v) is 7.61. The average molecular weight is 362 g/mol. The largest absolute Gasteiger partial charge is 0.302 e. The average Bonchev–Trinajstić information content (AvgIpc) is 2.55. The molecule has 0 bridgehead atoms. The molecule has 4 heteroatoms. The molecule has 1 saturated heterocycles. The Morgan fingerprint density at radius 3 is 1.92 bits per heavy atom. The summed E-state index contributed by atoms with van der Waals surface area (Å²) in [5.74, 6) is 0.551. The van der Waals surface area contributed by atoms with Crippen molar-refractivity contribution in [1.82, 2.24) is 5.32 Å². The summed E-state index contributed by atoms with van der Waals surface area (Å²) in [7, 11) is 0. The lowest BCUT2D eigenvalue weighted by Crippen LogP contribution is -2.44. The molecule has 0 radical (unpaired) electrons. The van der Waals surface area contributed by atoms with E-state index in [0.717, 1.165) is 11.1 Å². The van der Waals surface area contributed by atoms with Gasteiger partial charge in [0.1, 0.15) is 5.78 Å². The molecule has 2 aromatic rings. The molecule has 0 amide bonds. The number of hydrogen-bond donors (Lipinski definition) is 1. The van der Waals surface area contributed by atoms with E-state index >= 15 is 0 Å². The maximum atomic E-state index is 12.8. The van der Waals surface area contributed by atoms with Crippen molar-refractivity contribution in [3.63, 3.8) is 0 Å². The monoisotopic (exact) mass is 361 g/mol. The zero-order valence-corrected chi connectivity index (χ0v) is 15.3. The molecule has 2 aromatic carbocycles. The van der Waals surface area contributed by atoms with E-state index in [9.17, 15) is 4.79 Å². The van der Waals surface area contributed by atoms with Crippen LogP contribution in [0.5, 0.6) is 0 Å². The number of hydrogen-bond acceptors (Lipinski definition) is 2. The number of piperidine rings is 1. The van der Waals surface area contributed by atoms with Gasteiger partial charge in [0.05, 0.1) is 0 Å². The van der Waals surface area contributed by atoms with Crippen LogP contribution in [0.15, 0.2) is 48.5 Å². The zero-order chi connectivity index (χ0) is 17.3. The fourth-order valence-electron chi connectivity index (χ4n) is 3.54. The highest BCUT2D eigenvalue weighted by Gasteiger charge is 2.39. The van der Waals surface area contributed by atoms with Gasteiger partial charge < -0.3 is 5.32 Å². The van der Waals surface area contributed by atoms with Crippen molar-refractivity contribution in [2.24, 2.45) is 11.8 Å². The topological polar surface area (TPSA) is 29.1 Å². The number of carbonyl (C=O) groups excluding carboxylic acids is 1. The van der Waals surface area contributed by atoms with Crippen LogP contribution in [0.2, 0.25) is 10.0 Å². The van der Waals surface area contributed by atoms with Gasteiger partial charge in [0.25, 0.3) is 0 Å². The Morgan fingerprint density at radius 2 is 1.42 bits per heavy atom. The fourth-order valence-corrected chi connectivity index (χ4v) is 3.79. The van der Waals surface area contributed by atoms with E-state index in [1.807, 2.05) is 48.5 Å². The zero-order valence-electron chi connectivity index (χ0n) is 13.8. The van der Waals surface area contributed by atoms with Crippen LogP contribution in [0, 0.1) is 11.8 Å². The van der Waals surface area contributed by atoms with E-state index < -0.39 is 0 Å². The summed E-state index contributed by atoms with van der Waals surface area (Å²) < 4.78 is 0. The Bertz CT molecular complexity index is 709. The van der Waals surface area contributed by atoms with Crippen molar-refractivity contribution in [3.05, 3.63) is 69.7 Å². The van der Waals surface area contributed by atoms with E-state index in [2.05, 4.69) is 19.2 Å². The maximum absolute atomic E-state index is 12.8. The molecule has 1 heterocycles. The van der Waals surface area contributed by atoms with Gasteiger partial charge in [0, 0.05) is 34.5 Å². The van der Waals surface area contributed by atoms with Crippen LogP contribution in [-0.4, -0.2) is 5.78 Å². The van der Waals surface area contributed by atoms with E-state index in [-0.39, 0.29) is 23.9 Å². The van der Waals surface area contributed by atoms with Crippen LogP contribution >= 0.6 is 23.2 Å². The summed E-state index contributed by atoms with van der Waals surface area (Å²) in [4.78, 5) is 12.8. The summed E-state index contributed by atoms with van der Waals surface area (Å²) in [5, 5.41) is 5.09. The number of rotatable bonds is 3. The van der Waals surface area contributed by atoms with Gasteiger partial charge in [0.2, 0.25) is 0 Å². The minimum absolute atomic E-state index is 0.00504. The Balaban J connectivity index is 1.93. The van der Waals surface area contributed by atoms with Crippen LogP contribution in [0.3, 0.4) is 0 Å². The Labute approximate surface area is 153 Å². The second-order valence-electron chi connectivity index (χ2n) is 6.74. The molecule has 2 nitrogen and oxygen atoms in total. The van der Waals surface area contributed by atoms with E-state index in [1.54, 1.807) is 0 Å². The molecule has 3 rings (SSSR count). The molecule has 1 N–H and O–H groups in total. The lowest BCUT2D eigenvalue weighted by Gasteiger charge is -2.39. The molecular formula is C20H21Cl2NO. The van der Waals surface area contributed by atoms with Crippen LogP contribution in [-0.2, 0) is 4.79 Å². The third kappa shape index (κ3) is 3.66. The molecule has 1 aliphatic rings. The normalized spacial score (nSPS) is 24.4. The molecule has 24 heavy (non-hydrogen) atoms. The molecule has 0 aromatic heterocycles. The van der Waals surface area contributed by atoms with Gasteiger partial charge in [-0.15, -0.1) is 0 Å². The van der Waals surface area contributed by atoms with Crippen molar-refractivity contribution in [2.75, 3.05) is 0 Å². The van der Waals surface area contributed by atoms with Crippen molar-refractivity contribution in [2.45, 2.75) is 32.4 Å². The Hall–Kier alpha value is -1.35. The Morgan fingerprint density at radius 1 is 0.917 bits per heavy atom. The first-order valence-corrected chi connectivity index (χ1v) is 9.01. The molecule has 0 saturated carbocycles. The number of nitrogens with one attached hydrogen (secondary N) is 1. The fraction of sp³-hybridized carbons (Fsp3) is 0.350. The second kappa shape index (κ2) is 7.26. The quantitative estimate of drug-likeness (QED) is 0.769. The van der Waals surface area contributed by atoms with Gasteiger partial charge in [-0.1, -0.05) is 61.3 Å². The predicted octanol–water partition coefficient (Wildman–Crippen LogP) is 5.61. The van der Waals surface area contributed by atoms with Crippen molar-refractivity contribution < 1.29 is 4.79 Å². The molecule has 1 aliphatic heterocycles. The SMILES string of the molecule is CC(C)[C@@H]1C(=O)C[C@@H](c2ccc(Cl)cc2)N[C@H]1c1ccc(Cl)cc1. The van der Waals surface area contributed by atoms with E-state index in [0.29, 0.717) is 22.2 Å². The molecule has 0 unspecified atom stereocenters. The predicted molar refractivity (Wildman–Crippen MR) is 99.5 cm³/mol. The molecular weight excluding hydrogens is 341 g/mol. The van der Waals surface area contributed by atoms with Gasteiger partial charge >= 0.3 is 0 Å². The van der Waals surface area contributed by atoms with Crippen molar-refractivity contribution in [3.8, 4) is 0 Å². The van der Waals surface area contributed by atoms with Crippen LogP contribution < -0.4 is 5.32 Å². The summed E-state index contributed by atoms with van der Waals surface area (Å²) in [5.41, 5.74) is 2.19. The lowest BCUT2D eigenvalue weighted by molar-refractivity contribution is -0.128. The number of Topliss-reactive ketones (excluding diaryl/α,β-unsaturated/α-hetero) is 1. The van der Waals surface area contributed by atoms with Gasteiger partial charge in [0.15, 0.2) is 0 Å². The highest BCUT2D eigenvalue weighted by molar-refractivity contribution is 6.30. The number of benzene rings is 2. The first-order chi connectivity index (χ1) is 11.5. The van der Waals surface area contributed by atoms with Gasteiger partial charge in [-0.05, 0) is 41.3 Å². The van der Waals surface area contributed by atoms with Crippen LogP contribution in [0.25, 0.3) is 0 Å². The van der Waals surface area contributed by atoms with E-state index in [1.165, 1.54) is 0 Å². The Kier molecular flexibility index (Phi) is 5.29. The smallest absolute Gasteiger partial charge is 0.140 e. The maximum Gasteiger partial charge on any atom is 0.140 e. The van der Waals surface area contributed by atoms with Gasteiger partial charge in [-0.3, -0.25) is 4.79 Å². The molecule has 1 fully saturated rings. The van der Waals surface area contributed by atoms with Crippen LogP contribution in [0.1, 0.15) is 43.5 Å². The van der Waals surface area contributed by atoms with Gasteiger partial charge in [-0.25, -0.2) is 0 Å². The number of ketones is 1. The minimum Gasteiger partial charge on any atom is -0.302 e. The summed E-state index contributed by atoms with van der Waals surface area (Å²) in [6.45, 7) is 4.21. The van der Waals surface area contributed by atoms with Gasteiger partial charge in [-0.2, -0.15) is 0 Å². The highest BCUT2D eigenvalue weighted by Crippen LogP contribution is 2.38. The molecule has 0 aliphatic carbocycles. The van der Waals surface area contributed by atoms with Crippen LogP contribution in [0.4, 0.5) is 0 Å². The van der Waals surface area contributed by atoms with E-state index in [4.69, 9.17) is 23.2 Å². The first kappa shape index (κ1) is 17.5. The highest BCUT2D eigenvalue weighted by atomic mass is 35.5. The third-order valence-corrected chi connectivity index (χ3v) is 5.24.